The van der Waals surface area contributed by atoms with Crippen LogP contribution >= 0.6 is 0 Å². The minimum atomic E-state index is 0.475. The number of aryl methyl sites for hydroxylation is 1. The summed E-state index contributed by atoms with van der Waals surface area (Å²) in [5.74, 6) is 2.84. The van der Waals surface area contributed by atoms with E-state index in [9.17, 15) is 0 Å². The highest BCUT2D eigenvalue weighted by Crippen LogP contribution is 2.43. The van der Waals surface area contributed by atoms with E-state index in [0.29, 0.717) is 6.04 Å². The van der Waals surface area contributed by atoms with Gasteiger partial charge in [0.2, 0.25) is 0 Å². The highest BCUT2D eigenvalue weighted by Gasteiger charge is 2.32. The molecule has 0 bridgehead atoms. The first kappa shape index (κ1) is 14.9. The molecule has 1 aliphatic heterocycles. The largest absolute Gasteiger partial charge is 0.493 e. The summed E-state index contributed by atoms with van der Waals surface area (Å²) in [5, 5.41) is 3.82. The molecular weight excluding hydrogens is 258 g/mol. The molecule has 1 heterocycles. The third-order valence-corrected chi connectivity index (χ3v) is 5.12. The van der Waals surface area contributed by atoms with Crippen LogP contribution in [-0.2, 0) is 6.42 Å². The molecule has 3 rings (SSSR count). The molecule has 1 saturated carbocycles. The summed E-state index contributed by atoms with van der Waals surface area (Å²) in [6.07, 6.45) is 7.60. The predicted molar refractivity (Wildman–Crippen MR) is 87.8 cm³/mol. The summed E-state index contributed by atoms with van der Waals surface area (Å²) in [5.41, 5.74) is 2.83. The van der Waals surface area contributed by atoms with E-state index < -0.39 is 0 Å². The maximum atomic E-state index is 6.06. The van der Waals surface area contributed by atoms with Crippen LogP contribution in [-0.4, -0.2) is 13.2 Å². The first-order valence-electron chi connectivity index (χ1n) is 8.77. The van der Waals surface area contributed by atoms with Crippen LogP contribution in [0.15, 0.2) is 18.2 Å². The van der Waals surface area contributed by atoms with Crippen LogP contribution in [0.5, 0.6) is 5.75 Å². The van der Waals surface area contributed by atoms with Crippen LogP contribution in [0, 0.1) is 11.8 Å². The van der Waals surface area contributed by atoms with Gasteiger partial charge in [0.05, 0.1) is 6.61 Å². The van der Waals surface area contributed by atoms with E-state index in [-0.39, 0.29) is 0 Å². The Morgan fingerprint density at radius 1 is 1.33 bits per heavy atom. The molecule has 3 atom stereocenters. The van der Waals surface area contributed by atoms with Crippen molar-refractivity contribution in [1.82, 2.24) is 5.32 Å². The number of fused-ring (bicyclic) bond motifs is 1. The molecule has 2 nitrogen and oxygen atoms in total. The number of ether oxygens (including phenoxy) is 1. The Bertz CT molecular complexity index is 471. The zero-order valence-corrected chi connectivity index (χ0v) is 13.5. The first-order valence-corrected chi connectivity index (χ1v) is 8.77. The summed E-state index contributed by atoms with van der Waals surface area (Å²) >= 11 is 0. The zero-order valence-electron chi connectivity index (χ0n) is 13.5. The Morgan fingerprint density at radius 2 is 2.24 bits per heavy atom. The summed E-state index contributed by atoms with van der Waals surface area (Å²) in [6.45, 7) is 6.62. The second-order valence-electron chi connectivity index (χ2n) is 6.90. The fourth-order valence-corrected chi connectivity index (χ4v) is 4.04. The van der Waals surface area contributed by atoms with Gasteiger partial charge >= 0.3 is 0 Å². The number of benzene rings is 1. The van der Waals surface area contributed by atoms with Gasteiger partial charge in [-0.2, -0.15) is 0 Å². The second-order valence-corrected chi connectivity index (χ2v) is 6.90. The third-order valence-electron chi connectivity index (χ3n) is 5.12. The van der Waals surface area contributed by atoms with Crippen LogP contribution in [0.2, 0.25) is 0 Å². The molecule has 0 amide bonds. The van der Waals surface area contributed by atoms with Crippen molar-refractivity contribution in [3.05, 3.63) is 29.3 Å². The van der Waals surface area contributed by atoms with Gasteiger partial charge in [0.25, 0.3) is 0 Å². The fourth-order valence-electron chi connectivity index (χ4n) is 4.04. The average Bonchev–Trinajstić information content (AvgIpc) is 2.94. The maximum absolute atomic E-state index is 6.06. The zero-order chi connectivity index (χ0) is 14.7. The Labute approximate surface area is 129 Å². The first-order chi connectivity index (χ1) is 10.3. The lowest BCUT2D eigenvalue weighted by molar-refractivity contribution is 0.272. The molecule has 2 aliphatic rings. The van der Waals surface area contributed by atoms with Gasteiger partial charge in [-0.3, -0.25) is 0 Å². The maximum Gasteiger partial charge on any atom is 0.127 e. The van der Waals surface area contributed by atoms with Gasteiger partial charge in [0.15, 0.2) is 0 Å². The van der Waals surface area contributed by atoms with Crippen LogP contribution in [0.4, 0.5) is 0 Å². The Morgan fingerprint density at radius 3 is 3.00 bits per heavy atom. The van der Waals surface area contributed by atoms with E-state index in [2.05, 4.69) is 37.4 Å². The second kappa shape index (κ2) is 6.83. The average molecular weight is 287 g/mol. The quantitative estimate of drug-likeness (QED) is 0.861. The van der Waals surface area contributed by atoms with Crippen molar-refractivity contribution in [2.24, 2.45) is 11.8 Å². The lowest BCUT2D eigenvalue weighted by atomic mass is 9.88. The molecule has 1 fully saturated rings. The van der Waals surface area contributed by atoms with Crippen LogP contribution < -0.4 is 10.1 Å². The van der Waals surface area contributed by atoms with Gasteiger partial charge < -0.3 is 10.1 Å². The van der Waals surface area contributed by atoms with Crippen LogP contribution in [0.25, 0.3) is 0 Å². The van der Waals surface area contributed by atoms with Gasteiger partial charge in [0.1, 0.15) is 5.75 Å². The lowest BCUT2D eigenvalue weighted by Crippen LogP contribution is -2.29. The number of rotatable bonds is 5. The van der Waals surface area contributed by atoms with Gasteiger partial charge in [-0.25, -0.2) is 0 Å². The van der Waals surface area contributed by atoms with E-state index >= 15 is 0 Å². The van der Waals surface area contributed by atoms with E-state index in [1.165, 1.54) is 49.0 Å². The Balaban J connectivity index is 1.88. The van der Waals surface area contributed by atoms with Crippen LogP contribution in [0.1, 0.15) is 63.1 Å². The number of nitrogens with one attached hydrogen (secondary N) is 1. The molecule has 3 unspecified atom stereocenters. The molecule has 0 aromatic heterocycles. The minimum Gasteiger partial charge on any atom is -0.493 e. The van der Waals surface area contributed by atoms with Crippen molar-refractivity contribution in [3.8, 4) is 5.75 Å². The number of hydrogen-bond acceptors (Lipinski definition) is 2. The molecule has 1 aliphatic carbocycles. The van der Waals surface area contributed by atoms with Crippen molar-refractivity contribution in [2.75, 3.05) is 13.2 Å². The summed E-state index contributed by atoms with van der Waals surface area (Å²) in [7, 11) is 0. The van der Waals surface area contributed by atoms with Crippen molar-refractivity contribution < 1.29 is 4.74 Å². The van der Waals surface area contributed by atoms with Gasteiger partial charge in [-0.05, 0) is 56.0 Å². The van der Waals surface area contributed by atoms with Gasteiger partial charge in [0, 0.05) is 11.6 Å². The van der Waals surface area contributed by atoms with E-state index in [0.717, 1.165) is 31.4 Å². The third kappa shape index (κ3) is 3.26. The molecule has 21 heavy (non-hydrogen) atoms. The normalized spacial score (nSPS) is 26.2. The van der Waals surface area contributed by atoms with E-state index in [4.69, 9.17) is 4.74 Å². The highest BCUT2D eigenvalue weighted by molar-refractivity contribution is 5.44. The topological polar surface area (TPSA) is 21.3 Å². The molecular formula is C19H29NO. The molecule has 1 aromatic carbocycles. The fraction of sp³-hybridized carbons (Fsp3) is 0.684. The highest BCUT2D eigenvalue weighted by atomic mass is 16.5. The van der Waals surface area contributed by atoms with Crippen molar-refractivity contribution in [1.29, 1.82) is 0 Å². The molecule has 2 heteroatoms. The van der Waals surface area contributed by atoms with Gasteiger partial charge in [-0.15, -0.1) is 0 Å². The summed E-state index contributed by atoms with van der Waals surface area (Å²) < 4.78 is 6.06. The lowest BCUT2D eigenvalue weighted by Gasteiger charge is -2.30. The molecule has 116 valence electrons. The molecule has 0 spiro atoms. The van der Waals surface area contributed by atoms with Crippen LogP contribution in [0.3, 0.4) is 0 Å². The summed E-state index contributed by atoms with van der Waals surface area (Å²) in [6, 6.07) is 7.23. The molecule has 0 saturated heterocycles. The number of para-hydroxylation sites is 1. The van der Waals surface area contributed by atoms with Crippen molar-refractivity contribution >= 4 is 0 Å². The summed E-state index contributed by atoms with van der Waals surface area (Å²) in [4.78, 5) is 0. The smallest absolute Gasteiger partial charge is 0.127 e. The Hall–Kier alpha value is -1.02. The molecule has 1 N–H and O–H groups in total. The van der Waals surface area contributed by atoms with E-state index in [1.54, 1.807) is 0 Å². The van der Waals surface area contributed by atoms with Crippen molar-refractivity contribution in [3.63, 3.8) is 0 Å². The van der Waals surface area contributed by atoms with E-state index in [1.807, 2.05) is 0 Å². The number of hydrogen-bond donors (Lipinski definition) is 1. The molecule has 1 aromatic rings. The standard InChI is InChI=1S/C19H29NO/c1-3-11-20-18(16-10-9-14(2)13-16)17-8-4-6-15-7-5-12-21-19(15)17/h4,6,8,14,16,18,20H,3,5,7,9-13H2,1-2H3. The monoisotopic (exact) mass is 287 g/mol. The molecule has 0 radical (unpaired) electrons. The Kier molecular flexibility index (Phi) is 4.84. The minimum absolute atomic E-state index is 0.475. The van der Waals surface area contributed by atoms with Crippen molar-refractivity contribution in [2.45, 2.75) is 58.4 Å². The SMILES string of the molecule is CCCNC(c1cccc2c1OCCC2)C1CCC(C)C1. The predicted octanol–water partition coefficient (Wildman–Crippen LogP) is 4.49. The van der Waals surface area contributed by atoms with Gasteiger partial charge in [-0.1, -0.05) is 38.5 Å².